The lowest BCUT2D eigenvalue weighted by molar-refractivity contribution is 0.881. The van der Waals surface area contributed by atoms with Gasteiger partial charge in [0.05, 0.1) is 0 Å². The van der Waals surface area contributed by atoms with Crippen molar-refractivity contribution in [1.82, 2.24) is 20.6 Å². The highest BCUT2D eigenvalue weighted by atomic mass is 15.5. The summed E-state index contributed by atoms with van der Waals surface area (Å²) in [5.41, 5.74) is 5.87. The highest BCUT2D eigenvalue weighted by Gasteiger charge is 2.04. The second-order valence-corrected chi connectivity index (χ2v) is 5.10. The average molecular weight is 279 g/mol. The molecular formula is C16H17N5. The predicted octanol–water partition coefficient (Wildman–Crippen LogP) is 3.10. The first-order chi connectivity index (χ1) is 10.2. The van der Waals surface area contributed by atoms with Crippen LogP contribution < -0.4 is 5.32 Å². The molecule has 5 heteroatoms. The quantitative estimate of drug-likeness (QED) is 0.770. The highest BCUT2D eigenvalue weighted by Crippen LogP contribution is 2.19. The summed E-state index contributed by atoms with van der Waals surface area (Å²) in [5.74, 6) is 0.602. The van der Waals surface area contributed by atoms with Crippen LogP contribution in [0.25, 0.3) is 11.4 Å². The summed E-state index contributed by atoms with van der Waals surface area (Å²) in [4.78, 5) is 0. The molecule has 0 radical (unpaired) electrons. The Bertz CT molecular complexity index is 734. The van der Waals surface area contributed by atoms with Gasteiger partial charge in [-0.25, -0.2) is 0 Å². The lowest BCUT2D eigenvalue weighted by Crippen LogP contribution is -2.01. The predicted molar refractivity (Wildman–Crippen MR) is 82.9 cm³/mol. The highest BCUT2D eigenvalue weighted by molar-refractivity contribution is 5.61. The zero-order valence-corrected chi connectivity index (χ0v) is 12.1. The second kappa shape index (κ2) is 5.75. The Balaban J connectivity index is 1.75. The maximum atomic E-state index is 3.99. The first kappa shape index (κ1) is 13.3. The number of nitrogens with zero attached hydrogens (tertiary/aromatic N) is 3. The van der Waals surface area contributed by atoms with Crippen LogP contribution in [0.15, 0.2) is 42.5 Å². The van der Waals surface area contributed by atoms with E-state index < -0.39 is 0 Å². The molecule has 0 saturated carbocycles. The van der Waals surface area contributed by atoms with E-state index in [1.165, 1.54) is 16.7 Å². The van der Waals surface area contributed by atoms with Crippen LogP contribution in [0.1, 0.15) is 16.7 Å². The molecule has 0 aliphatic heterocycles. The van der Waals surface area contributed by atoms with E-state index in [0.29, 0.717) is 5.82 Å². The van der Waals surface area contributed by atoms with Crippen molar-refractivity contribution in [3.05, 3.63) is 59.2 Å². The molecule has 106 valence electrons. The fourth-order valence-electron chi connectivity index (χ4n) is 2.29. The minimum absolute atomic E-state index is 0.602. The molecule has 0 atom stereocenters. The average Bonchev–Trinajstić information content (AvgIpc) is 3.01. The number of aromatic nitrogens is 4. The van der Waals surface area contributed by atoms with Gasteiger partial charge in [-0.1, -0.05) is 35.9 Å². The van der Waals surface area contributed by atoms with Crippen molar-refractivity contribution in [3.63, 3.8) is 0 Å². The van der Waals surface area contributed by atoms with Crippen LogP contribution in [0.5, 0.6) is 0 Å². The molecule has 2 N–H and O–H groups in total. The van der Waals surface area contributed by atoms with Gasteiger partial charge in [0, 0.05) is 17.8 Å². The van der Waals surface area contributed by atoms with Crippen molar-refractivity contribution in [2.45, 2.75) is 20.4 Å². The third-order valence-corrected chi connectivity index (χ3v) is 3.45. The van der Waals surface area contributed by atoms with Crippen molar-refractivity contribution in [2.75, 3.05) is 5.32 Å². The van der Waals surface area contributed by atoms with Gasteiger partial charge in [0.15, 0.2) is 0 Å². The summed E-state index contributed by atoms with van der Waals surface area (Å²) in [6, 6.07) is 14.5. The number of anilines is 1. The van der Waals surface area contributed by atoms with E-state index in [1.807, 2.05) is 24.3 Å². The fourth-order valence-corrected chi connectivity index (χ4v) is 2.29. The van der Waals surface area contributed by atoms with Gasteiger partial charge in [-0.3, -0.25) is 0 Å². The molecule has 0 unspecified atom stereocenters. The van der Waals surface area contributed by atoms with E-state index >= 15 is 0 Å². The number of aryl methyl sites for hydroxylation is 2. The van der Waals surface area contributed by atoms with E-state index in [4.69, 9.17) is 0 Å². The summed E-state index contributed by atoms with van der Waals surface area (Å²) in [7, 11) is 0. The van der Waals surface area contributed by atoms with Crippen molar-refractivity contribution in [1.29, 1.82) is 0 Å². The first-order valence-electron chi connectivity index (χ1n) is 6.86. The van der Waals surface area contributed by atoms with E-state index in [1.54, 1.807) is 0 Å². The SMILES string of the molecule is Cc1ccc(CNc2cccc(-c3nn[nH]n3)c2)c(C)c1. The molecule has 2 aromatic carbocycles. The Labute approximate surface area is 123 Å². The zero-order chi connectivity index (χ0) is 14.7. The third-order valence-electron chi connectivity index (χ3n) is 3.45. The van der Waals surface area contributed by atoms with E-state index in [0.717, 1.165) is 17.8 Å². The Morgan fingerprint density at radius 1 is 1.10 bits per heavy atom. The molecule has 0 amide bonds. The number of tetrazole rings is 1. The van der Waals surface area contributed by atoms with Gasteiger partial charge in [-0.2, -0.15) is 5.21 Å². The van der Waals surface area contributed by atoms with E-state index in [9.17, 15) is 0 Å². The normalized spacial score (nSPS) is 10.6. The van der Waals surface area contributed by atoms with Crippen molar-refractivity contribution >= 4 is 5.69 Å². The van der Waals surface area contributed by atoms with Crippen molar-refractivity contribution in [3.8, 4) is 11.4 Å². The molecule has 0 fully saturated rings. The Morgan fingerprint density at radius 2 is 2.00 bits per heavy atom. The molecule has 3 aromatic rings. The van der Waals surface area contributed by atoms with Gasteiger partial charge in [-0.15, -0.1) is 10.2 Å². The molecule has 5 nitrogen and oxygen atoms in total. The van der Waals surface area contributed by atoms with Crippen LogP contribution in [0, 0.1) is 13.8 Å². The molecule has 1 heterocycles. The lowest BCUT2D eigenvalue weighted by Gasteiger charge is -2.10. The Hall–Kier alpha value is -2.69. The first-order valence-corrected chi connectivity index (χ1v) is 6.86. The van der Waals surface area contributed by atoms with Crippen LogP contribution in [-0.4, -0.2) is 20.6 Å². The van der Waals surface area contributed by atoms with Crippen LogP contribution in [-0.2, 0) is 6.54 Å². The van der Waals surface area contributed by atoms with Crippen molar-refractivity contribution in [2.24, 2.45) is 0 Å². The maximum Gasteiger partial charge on any atom is 0.204 e. The van der Waals surface area contributed by atoms with Crippen LogP contribution in [0.3, 0.4) is 0 Å². The number of aromatic amines is 1. The monoisotopic (exact) mass is 279 g/mol. The molecule has 3 rings (SSSR count). The molecule has 1 aromatic heterocycles. The summed E-state index contributed by atoms with van der Waals surface area (Å²) in [6.07, 6.45) is 0. The minimum Gasteiger partial charge on any atom is -0.381 e. The van der Waals surface area contributed by atoms with Gasteiger partial charge >= 0.3 is 0 Å². The van der Waals surface area contributed by atoms with Gasteiger partial charge in [0.25, 0.3) is 0 Å². The number of benzene rings is 2. The molecule has 0 bridgehead atoms. The van der Waals surface area contributed by atoms with E-state index in [-0.39, 0.29) is 0 Å². The fraction of sp³-hybridized carbons (Fsp3) is 0.188. The largest absolute Gasteiger partial charge is 0.381 e. The molecule has 0 spiro atoms. The summed E-state index contributed by atoms with van der Waals surface area (Å²) in [5, 5.41) is 17.5. The summed E-state index contributed by atoms with van der Waals surface area (Å²) in [6.45, 7) is 5.04. The zero-order valence-electron chi connectivity index (χ0n) is 12.1. The van der Waals surface area contributed by atoms with Crippen molar-refractivity contribution < 1.29 is 0 Å². The number of nitrogens with one attached hydrogen (secondary N) is 2. The minimum atomic E-state index is 0.602. The Kier molecular flexibility index (Phi) is 3.64. The number of hydrogen-bond donors (Lipinski definition) is 2. The number of hydrogen-bond acceptors (Lipinski definition) is 4. The molecule has 0 aliphatic rings. The lowest BCUT2D eigenvalue weighted by atomic mass is 10.1. The Morgan fingerprint density at radius 3 is 2.76 bits per heavy atom. The summed E-state index contributed by atoms with van der Waals surface area (Å²) >= 11 is 0. The maximum absolute atomic E-state index is 3.99. The molecular weight excluding hydrogens is 262 g/mol. The second-order valence-electron chi connectivity index (χ2n) is 5.10. The van der Waals surface area contributed by atoms with Crippen LogP contribution in [0.2, 0.25) is 0 Å². The van der Waals surface area contributed by atoms with Gasteiger partial charge in [-0.05, 0) is 42.3 Å². The molecule has 0 saturated heterocycles. The topological polar surface area (TPSA) is 66.5 Å². The number of H-pyrrole nitrogens is 1. The summed E-state index contributed by atoms with van der Waals surface area (Å²) < 4.78 is 0. The smallest absolute Gasteiger partial charge is 0.204 e. The van der Waals surface area contributed by atoms with Gasteiger partial charge in [0.2, 0.25) is 5.82 Å². The van der Waals surface area contributed by atoms with Gasteiger partial charge in [0.1, 0.15) is 0 Å². The number of rotatable bonds is 4. The third kappa shape index (κ3) is 3.08. The van der Waals surface area contributed by atoms with E-state index in [2.05, 4.69) is 58.0 Å². The molecule has 0 aliphatic carbocycles. The van der Waals surface area contributed by atoms with Crippen LogP contribution in [0.4, 0.5) is 5.69 Å². The van der Waals surface area contributed by atoms with Crippen LogP contribution >= 0.6 is 0 Å². The molecule has 21 heavy (non-hydrogen) atoms. The van der Waals surface area contributed by atoms with Gasteiger partial charge < -0.3 is 5.32 Å². The standard InChI is InChI=1S/C16H17N5/c1-11-6-7-14(12(2)8-11)10-17-15-5-3-4-13(9-15)16-18-20-21-19-16/h3-9,17H,10H2,1-2H3,(H,18,19,20,21).